The number of halogens is 1. The molecule has 3 aromatic rings. The number of aryl methyl sites for hydroxylation is 1. The summed E-state index contributed by atoms with van der Waals surface area (Å²) in [6.45, 7) is 1.70. The highest BCUT2D eigenvalue weighted by molar-refractivity contribution is 6.41. The van der Waals surface area contributed by atoms with Crippen molar-refractivity contribution in [2.45, 2.75) is 44.4 Å². The number of nitrogens with one attached hydrogen (secondary N) is 1. The van der Waals surface area contributed by atoms with E-state index in [1.165, 1.54) is 0 Å². The third kappa shape index (κ3) is 3.75. The molecule has 2 aromatic carbocycles. The number of Topliss-reactive ketones (excluding diaryl/α,β-unsaturated/α-hetero) is 1. The molecule has 1 aliphatic carbocycles. The van der Waals surface area contributed by atoms with E-state index in [1.807, 2.05) is 24.3 Å². The monoisotopic (exact) mass is 424 g/mol. The molecule has 0 atom stereocenters. The summed E-state index contributed by atoms with van der Waals surface area (Å²) in [6.07, 6.45) is 3.76. The Balaban J connectivity index is 1.56. The van der Waals surface area contributed by atoms with E-state index >= 15 is 0 Å². The van der Waals surface area contributed by atoms with Gasteiger partial charge in [-0.1, -0.05) is 47.8 Å². The number of ketones is 1. The highest BCUT2D eigenvalue weighted by Crippen LogP contribution is 2.46. The summed E-state index contributed by atoms with van der Waals surface area (Å²) >= 11 is 6.42. The number of carbonyl (C=O) groups is 2. The number of carbonyl (C=O) groups excluding carboxylic acids is 2. The van der Waals surface area contributed by atoms with Crippen molar-refractivity contribution in [3.05, 3.63) is 69.2 Å². The smallest absolute Gasteiger partial charge is 0.319 e. The number of fused-ring (bicyclic) bond motifs is 1. The van der Waals surface area contributed by atoms with E-state index in [4.69, 9.17) is 16.1 Å². The van der Waals surface area contributed by atoms with E-state index in [1.54, 1.807) is 25.1 Å². The van der Waals surface area contributed by atoms with Crippen LogP contribution in [0.1, 0.15) is 43.4 Å². The summed E-state index contributed by atoms with van der Waals surface area (Å²) in [7, 11) is 0. The lowest BCUT2D eigenvalue weighted by molar-refractivity contribution is -0.135. The van der Waals surface area contributed by atoms with Crippen molar-refractivity contribution >= 4 is 39.8 Å². The zero-order valence-corrected chi connectivity index (χ0v) is 17.3. The fraction of sp³-hybridized carbons (Fsp3) is 0.304. The molecule has 1 fully saturated rings. The van der Waals surface area contributed by atoms with Crippen LogP contribution in [0.15, 0.2) is 51.8 Å². The van der Waals surface area contributed by atoms with E-state index in [0.29, 0.717) is 27.2 Å². The van der Waals surface area contributed by atoms with Crippen LogP contribution in [-0.4, -0.2) is 16.8 Å². The number of amides is 1. The van der Waals surface area contributed by atoms with Gasteiger partial charge in [0.25, 0.3) is 5.91 Å². The van der Waals surface area contributed by atoms with Gasteiger partial charge >= 0.3 is 5.63 Å². The number of nitrogens with zero attached hydrogens (tertiary/aromatic N) is 1. The molecule has 6 nitrogen and oxygen atoms in total. The summed E-state index contributed by atoms with van der Waals surface area (Å²) in [4.78, 5) is 37.3. The van der Waals surface area contributed by atoms with Crippen molar-refractivity contribution in [1.29, 1.82) is 0 Å². The molecule has 1 amide bonds. The van der Waals surface area contributed by atoms with Gasteiger partial charge in [-0.25, -0.2) is 4.79 Å². The second-order valence-corrected chi connectivity index (χ2v) is 8.24. The number of benzene rings is 2. The zero-order valence-electron chi connectivity index (χ0n) is 16.5. The largest absolute Gasteiger partial charge is 0.366 e. The zero-order chi connectivity index (χ0) is 21.3. The molecule has 4 rings (SSSR count). The van der Waals surface area contributed by atoms with E-state index in [-0.39, 0.29) is 6.42 Å². The quantitative estimate of drug-likeness (QED) is 0.606. The molecule has 0 unspecified atom stereocenters. The topological polar surface area (TPSA) is 89.3 Å². The van der Waals surface area contributed by atoms with Crippen molar-refractivity contribution in [3.63, 3.8) is 0 Å². The predicted molar refractivity (Wildman–Crippen MR) is 115 cm³/mol. The van der Waals surface area contributed by atoms with Crippen LogP contribution in [0.25, 0.3) is 10.8 Å². The van der Waals surface area contributed by atoms with Gasteiger partial charge in [0.05, 0.1) is 11.1 Å². The predicted octanol–water partition coefficient (Wildman–Crippen LogP) is 4.56. The Bertz CT molecular complexity index is 1200. The molecule has 1 aliphatic rings. The average molecular weight is 425 g/mol. The maximum absolute atomic E-state index is 12.8. The first-order valence-electron chi connectivity index (χ1n) is 9.89. The van der Waals surface area contributed by atoms with Crippen molar-refractivity contribution in [2.75, 3.05) is 5.32 Å². The Morgan fingerprint density at radius 3 is 2.60 bits per heavy atom. The van der Waals surface area contributed by atoms with Crippen LogP contribution < -0.4 is 10.9 Å². The first-order chi connectivity index (χ1) is 14.4. The van der Waals surface area contributed by atoms with Crippen LogP contribution in [-0.2, 0) is 15.0 Å². The number of rotatable bonds is 5. The minimum Gasteiger partial charge on any atom is -0.319 e. The Morgan fingerprint density at radius 1 is 1.13 bits per heavy atom. The van der Waals surface area contributed by atoms with Crippen LogP contribution in [0.4, 0.5) is 5.69 Å². The molecule has 1 heterocycles. The van der Waals surface area contributed by atoms with Crippen LogP contribution >= 0.6 is 11.6 Å². The summed E-state index contributed by atoms with van der Waals surface area (Å²) in [6, 6.07) is 12.3. The lowest BCUT2D eigenvalue weighted by Gasteiger charge is -2.29. The van der Waals surface area contributed by atoms with Gasteiger partial charge < -0.3 is 9.84 Å². The minimum atomic E-state index is -0.679. The van der Waals surface area contributed by atoms with Gasteiger partial charge in [-0.3, -0.25) is 9.59 Å². The van der Waals surface area contributed by atoms with Crippen molar-refractivity contribution in [1.82, 2.24) is 5.16 Å². The lowest BCUT2D eigenvalue weighted by Crippen LogP contribution is -2.32. The molecule has 0 saturated heterocycles. The SMILES string of the molecule is Cc1noc(=O)c2ccc(NC(=O)C(=O)CC3(c4ccccc4Cl)CCCC3)cc12. The van der Waals surface area contributed by atoms with E-state index in [0.717, 1.165) is 31.2 Å². The van der Waals surface area contributed by atoms with Gasteiger partial charge in [-0.15, -0.1) is 0 Å². The highest BCUT2D eigenvalue weighted by atomic mass is 35.5. The first kappa shape index (κ1) is 20.3. The maximum Gasteiger partial charge on any atom is 0.366 e. The van der Waals surface area contributed by atoms with Crippen molar-refractivity contribution in [3.8, 4) is 0 Å². The first-order valence-corrected chi connectivity index (χ1v) is 10.3. The van der Waals surface area contributed by atoms with Gasteiger partial charge in [0, 0.05) is 27.9 Å². The molecule has 154 valence electrons. The van der Waals surface area contributed by atoms with Gasteiger partial charge in [0.2, 0.25) is 5.78 Å². The van der Waals surface area contributed by atoms with Gasteiger partial charge in [-0.2, -0.15) is 0 Å². The fourth-order valence-corrected chi connectivity index (χ4v) is 4.72. The van der Waals surface area contributed by atoms with Crippen LogP contribution in [0, 0.1) is 6.92 Å². The molecule has 30 heavy (non-hydrogen) atoms. The van der Waals surface area contributed by atoms with Crippen LogP contribution in [0.5, 0.6) is 0 Å². The highest BCUT2D eigenvalue weighted by Gasteiger charge is 2.40. The van der Waals surface area contributed by atoms with Gasteiger partial charge in [0.1, 0.15) is 0 Å². The summed E-state index contributed by atoms with van der Waals surface area (Å²) in [5.74, 6) is -1.17. The Kier molecular flexibility index (Phi) is 5.43. The Labute approximate surface area is 178 Å². The molecule has 0 spiro atoms. The maximum atomic E-state index is 12.8. The molecule has 7 heteroatoms. The molecular weight excluding hydrogens is 404 g/mol. The molecule has 0 radical (unpaired) electrons. The van der Waals surface area contributed by atoms with E-state index in [9.17, 15) is 14.4 Å². The third-order valence-electron chi connectivity index (χ3n) is 5.91. The fourth-order valence-electron chi connectivity index (χ4n) is 4.38. The number of hydrogen-bond acceptors (Lipinski definition) is 5. The van der Waals surface area contributed by atoms with E-state index < -0.39 is 22.7 Å². The number of hydrogen-bond donors (Lipinski definition) is 1. The van der Waals surface area contributed by atoms with Gasteiger partial charge in [-0.05, 0) is 49.6 Å². The second-order valence-electron chi connectivity index (χ2n) is 7.84. The molecular formula is C23H21ClN2O4. The Morgan fingerprint density at radius 2 is 1.87 bits per heavy atom. The normalized spacial score (nSPS) is 15.3. The minimum absolute atomic E-state index is 0.111. The second kappa shape index (κ2) is 8.03. The summed E-state index contributed by atoms with van der Waals surface area (Å²) < 4.78 is 4.71. The summed E-state index contributed by atoms with van der Waals surface area (Å²) in [5.41, 5.74) is 0.928. The van der Waals surface area contributed by atoms with Crippen molar-refractivity contribution < 1.29 is 14.1 Å². The van der Waals surface area contributed by atoms with E-state index in [2.05, 4.69) is 10.5 Å². The number of anilines is 1. The summed E-state index contributed by atoms with van der Waals surface area (Å²) in [5, 5.41) is 7.93. The standard InChI is InChI=1S/C23H21ClN2O4/c1-14-17-12-15(8-9-16(17)22(29)30-26-14)25-21(28)20(27)13-23(10-4-5-11-23)18-6-2-3-7-19(18)24/h2-3,6-9,12H,4-5,10-11,13H2,1H3,(H,25,28). The molecule has 1 saturated carbocycles. The van der Waals surface area contributed by atoms with Crippen LogP contribution in [0.3, 0.4) is 0 Å². The van der Waals surface area contributed by atoms with Crippen LogP contribution in [0.2, 0.25) is 5.02 Å². The molecule has 0 aliphatic heterocycles. The third-order valence-corrected chi connectivity index (χ3v) is 6.24. The average Bonchev–Trinajstić information content (AvgIpc) is 3.20. The molecule has 1 aromatic heterocycles. The van der Waals surface area contributed by atoms with Crippen molar-refractivity contribution in [2.24, 2.45) is 0 Å². The Hall–Kier alpha value is -2.99. The molecule has 1 N–H and O–H groups in total. The lowest BCUT2D eigenvalue weighted by atomic mass is 9.75. The van der Waals surface area contributed by atoms with Gasteiger partial charge in [0.15, 0.2) is 0 Å². The number of aromatic nitrogens is 1. The molecule has 0 bridgehead atoms.